The Morgan fingerprint density at radius 2 is 1.84 bits per heavy atom. The van der Waals surface area contributed by atoms with Gasteiger partial charge in [0, 0.05) is 24.7 Å². The van der Waals surface area contributed by atoms with Crippen molar-refractivity contribution >= 4 is 29.1 Å². The highest BCUT2D eigenvalue weighted by atomic mass is 16.3. The van der Waals surface area contributed by atoms with Crippen LogP contribution < -0.4 is 10.6 Å². The normalized spacial score (nSPS) is 16.8. The number of nitrogens with one attached hydrogen (secondary N) is 2. The van der Waals surface area contributed by atoms with E-state index in [0.717, 1.165) is 0 Å². The third kappa shape index (κ3) is 4.06. The Balaban J connectivity index is 1.65. The molecule has 7 nitrogen and oxygen atoms in total. The zero-order chi connectivity index (χ0) is 17.8. The molecule has 3 rings (SSSR count). The van der Waals surface area contributed by atoms with Crippen molar-refractivity contribution in [1.29, 1.82) is 0 Å². The number of hydrogen-bond acceptors (Lipinski definition) is 4. The van der Waals surface area contributed by atoms with Gasteiger partial charge in [0.2, 0.25) is 17.7 Å². The Morgan fingerprint density at radius 3 is 2.44 bits per heavy atom. The predicted molar refractivity (Wildman–Crippen MR) is 91.7 cm³/mol. The lowest BCUT2D eigenvalue weighted by Gasteiger charge is -2.23. The Labute approximate surface area is 145 Å². The lowest BCUT2D eigenvalue weighted by Crippen LogP contribution is -2.41. The standard InChI is InChI=1S/C18H19N3O4/c1-12(22)19-13-4-6-14(7-5-13)20-18(24)16-8-9-17(23)21(16)11-15-3-2-10-25-15/h2-7,10,16H,8-9,11H2,1H3,(H,19,22)(H,20,24). The molecule has 0 spiro atoms. The van der Waals surface area contributed by atoms with Crippen LogP contribution in [0.15, 0.2) is 47.1 Å². The molecule has 1 aromatic heterocycles. The molecule has 1 fully saturated rings. The van der Waals surface area contributed by atoms with E-state index in [0.29, 0.717) is 30.0 Å². The van der Waals surface area contributed by atoms with Gasteiger partial charge in [-0.05, 0) is 42.8 Å². The van der Waals surface area contributed by atoms with Gasteiger partial charge < -0.3 is 20.0 Å². The van der Waals surface area contributed by atoms with E-state index in [4.69, 9.17) is 4.42 Å². The van der Waals surface area contributed by atoms with Crippen LogP contribution >= 0.6 is 0 Å². The van der Waals surface area contributed by atoms with Crippen molar-refractivity contribution in [3.05, 3.63) is 48.4 Å². The Morgan fingerprint density at radius 1 is 1.16 bits per heavy atom. The highest BCUT2D eigenvalue weighted by Crippen LogP contribution is 2.23. The summed E-state index contributed by atoms with van der Waals surface area (Å²) in [5, 5.41) is 5.48. The van der Waals surface area contributed by atoms with E-state index >= 15 is 0 Å². The summed E-state index contributed by atoms with van der Waals surface area (Å²) in [7, 11) is 0. The zero-order valence-corrected chi connectivity index (χ0v) is 13.8. The van der Waals surface area contributed by atoms with Crippen LogP contribution in [0.2, 0.25) is 0 Å². The molecule has 7 heteroatoms. The molecular weight excluding hydrogens is 322 g/mol. The van der Waals surface area contributed by atoms with Crippen molar-refractivity contribution in [2.75, 3.05) is 10.6 Å². The van der Waals surface area contributed by atoms with Crippen LogP contribution in [0.1, 0.15) is 25.5 Å². The number of hydrogen-bond donors (Lipinski definition) is 2. The third-order valence-electron chi connectivity index (χ3n) is 4.01. The minimum atomic E-state index is -0.521. The van der Waals surface area contributed by atoms with Gasteiger partial charge in [0.05, 0.1) is 12.8 Å². The largest absolute Gasteiger partial charge is 0.467 e. The molecule has 3 amide bonds. The number of carbonyl (C=O) groups is 3. The maximum Gasteiger partial charge on any atom is 0.247 e. The molecule has 25 heavy (non-hydrogen) atoms. The van der Waals surface area contributed by atoms with Crippen molar-refractivity contribution in [2.24, 2.45) is 0 Å². The van der Waals surface area contributed by atoms with E-state index in [2.05, 4.69) is 10.6 Å². The van der Waals surface area contributed by atoms with Crippen LogP contribution in [-0.2, 0) is 20.9 Å². The van der Waals surface area contributed by atoms with Crippen molar-refractivity contribution in [3.8, 4) is 0 Å². The van der Waals surface area contributed by atoms with Crippen molar-refractivity contribution in [2.45, 2.75) is 32.4 Å². The molecule has 0 radical (unpaired) electrons. The molecule has 1 aliphatic heterocycles. The number of rotatable bonds is 5. The number of carbonyl (C=O) groups excluding carboxylic acids is 3. The molecule has 1 unspecified atom stereocenters. The fourth-order valence-electron chi connectivity index (χ4n) is 2.84. The first-order valence-electron chi connectivity index (χ1n) is 8.03. The monoisotopic (exact) mass is 341 g/mol. The first-order valence-corrected chi connectivity index (χ1v) is 8.03. The van der Waals surface area contributed by atoms with Crippen molar-refractivity contribution in [3.63, 3.8) is 0 Å². The molecule has 1 aromatic carbocycles. The summed E-state index contributed by atoms with van der Waals surface area (Å²) in [6, 6.07) is 9.83. The van der Waals surface area contributed by atoms with E-state index in [1.165, 1.54) is 6.92 Å². The van der Waals surface area contributed by atoms with Crippen LogP contribution in [0.3, 0.4) is 0 Å². The number of benzene rings is 1. The first kappa shape index (κ1) is 16.8. The molecular formula is C18H19N3O4. The summed E-state index contributed by atoms with van der Waals surface area (Å²) >= 11 is 0. The quantitative estimate of drug-likeness (QED) is 0.873. The SMILES string of the molecule is CC(=O)Nc1ccc(NC(=O)C2CCC(=O)N2Cc2ccco2)cc1. The summed E-state index contributed by atoms with van der Waals surface area (Å²) in [5.74, 6) is 0.199. The van der Waals surface area contributed by atoms with Gasteiger partial charge in [0.25, 0.3) is 0 Å². The van der Waals surface area contributed by atoms with E-state index < -0.39 is 6.04 Å². The van der Waals surface area contributed by atoms with Gasteiger partial charge in [-0.2, -0.15) is 0 Å². The van der Waals surface area contributed by atoms with Gasteiger partial charge in [-0.15, -0.1) is 0 Å². The second kappa shape index (κ2) is 7.21. The second-order valence-corrected chi connectivity index (χ2v) is 5.90. The second-order valence-electron chi connectivity index (χ2n) is 5.90. The molecule has 0 saturated carbocycles. The molecule has 0 aliphatic carbocycles. The summed E-state index contributed by atoms with van der Waals surface area (Å²) < 4.78 is 5.27. The molecule has 1 atom stereocenters. The number of furan rings is 1. The lowest BCUT2D eigenvalue weighted by molar-refractivity contribution is -0.134. The average molecular weight is 341 g/mol. The van der Waals surface area contributed by atoms with Crippen LogP contribution in [-0.4, -0.2) is 28.7 Å². The van der Waals surface area contributed by atoms with Crippen molar-refractivity contribution in [1.82, 2.24) is 4.90 Å². The summed E-state index contributed by atoms with van der Waals surface area (Å²) in [4.78, 5) is 37.2. The molecule has 2 N–H and O–H groups in total. The van der Waals surface area contributed by atoms with E-state index in [1.807, 2.05) is 0 Å². The highest BCUT2D eigenvalue weighted by Gasteiger charge is 2.36. The highest BCUT2D eigenvalue weighted by molar-refractivity contribution is 5.99. The molecule has 2 heterocycles. The van der Waals surface area contributed by atoms with Crippen molar-refractivity contribution < 1.29 is 18.8 Å². The predicted octanol–water partition coefficient (Wildman–Crippen LogP) is 2.37. The number of nitrogens with zero attached hydrogens (tertiary/aromatic N) is 1. The van der Waals surface area contributed by atoms with Gasteiger partial charge in [0.15, 0.2) is 0 Å². The Kier molecular flexibility index (Phi) is 4.83. The van der Waals surface area contributed by atoms with Gasteiger partial charge in [-0.3, -0.25) is 14.4 Å². The van der Waals surface area contributed by atoms with E-state index in [9.17, 15) is 14.4 Å². The van der Waals surface area contributed by atoms with Crippen LogP contribution in [0, 0.1) is 0 Å². The third-order valence-corrected chi connectivity index (χ3v) is 4.01. The van der Waals surface area contributed by atoms with Crippen LogP contribution in [0.5, 0.6) is 0 Å². The topological polar surface area (TPSA) is 91.7 Å². The zero-order valence-electron chi connectivity index (χ0n) is 13.8. The van der Waals surface area contributed by atoms with E-state index in [1.54, 1.807) is 47.6 Å². The molecule has 130 valence electrons. The van der Waals surface area contributed by atoms with Gasteiger partial charge in [0.1, 0.15) is 11.8 Å². The summed E-state index contributed by atoms with van der Waals surface area (Å²) in [5.41, 5.74) is 1.26. The van der Waals surface area contributed by atoms with Gasteiger partial charge in [-0.1, -0.05) is 0 Å². The Bertz CT molecular complexity index is 768. The maximum absolute atomic E-state index is 12.6. The minimum Gasteiger partial charge on any atom is -0.467 e. The molecule has 0 bridgehead atoms. The molecule has 2 aromatic rings. The molecule has 1 saturated heterocycles. The number of anilines is 2. The van der Waals surface area contributed by atoms with Gasteiger partial charge in [-0.25, -0.2) is 0 Å². The lowest BCUT2D eigenvalue weighted by atomic mass is 10.2. The fourth-order valence-corrected chi connectivity index (χ4v) is 2.84. The fraction of sp³-hybridized carbons (Fsp3) is 0.278. The average Bonchev–Trinajstić information content (AvgIpc) is 3.20. The van der Waals surface area contributed by atoms with E-state index in [-0.39, 0.29) is 24.3 Å². The summed E-state index contributed by atoms with van der Waals surface area (Å²) in [6.45, 7) is 1.71. The van der Waals surface area contributed by atoms with Gasteiger partial charge >= 0.3 is 0 Å². The Hall–Kier alpha value is -3.09. The number of likely N-dealkylation sites (tertiary alicyclic amines) is 1. The summed E-state index contributed by atoms with van der Waals surface area (Å²) in [6.07, 6.45) is 2.37. The van der Waals surface area contributed by atoms with Crippen LogP contribution in [0.25, 0.3) is 0 Å². The smallest absolute Gasteiger partial charge is 0.247 e. The molecule has 1 aliphatic rings. The van der Waals surface area contributed by atoms with Crippen LogP contribution in [0.4, 0.5) is 11.4 Å². The maximum atomic E-state index is 12.6. The minimum absolute atomic E-state index is 0.0578. The first-order chi connectivity index (χ1) is 12.0. The number of amides is 3.